The lowest BCUT2D eigenvalue weighted by molar-refractivity contribution is -0.116. The number of hydrogen-bond acceptors (Lipinski definition) is 2. The molecule has 6 heteroatoms. The van der Waals surface area contributed by atoms with Crippen LogP contribution in [-0.2, 0) is 4.79 Å². The second-order valence-corrected chi connectivity index (χ2v) is 6.65. The molecule has 1 aromatic rings. The van der Waals surface area contributed by atoms with Crippen LogP contribution in [-0.4, -0.2) is 11.6 Å². The van der Waals surface area contributed by atoms with E-state index >= 15 is 0 Å². The minimum absolute atomic E-state index is 0.143. The van der Waals surface area contributed by atoms with E-state index in [2.05, 4.69) is 5.10 Å². The molecule has 0 radical (unpaired) electrons. The number of halogens is 3. The molecule has 0 unspecified atom stereocenters. The molecule has 1 aliphatic heterocycles. The van der Waals surface area contributed by atoms with Gasteiger partial charge in [0.2, 0.25) is 0 Å². The molecule has 0 saturated heterocycles. The number of benzene rings is 1. The molecule has 19 heavy (non-hydrogen) atoms. The van der Waals surface area contributed by atoms with E-state index < -0.39 is 0 Å². The van der Waals surface area contributed by atoms with Crippen LogP contribution in [0.5, 0.6) is 0 Å². The molecule has 102 valence electrons. The summed E-state index contributed by atoms with van der Waals surface area (Å²) in [6.45, 7) is 6.02. The summed E-state index contributed by atoms with van der Waals surface area (Å²) in [7, 11) is 0. The quantitative estimate of drug-likeness (QED) is 0.732. The highest BCUT2D eigenvalue weighted by molar-refractivity contribution is 6.42. The van der Waals surface area contributed by atoms with E-state index in [9.17, 15) is 4.79 Å². The highest BCUT2D eigenvalue weighted by atomic mass is 35.5. The summed E-state index contributed by atoms with van der Waals surface area (Å²) in [5, 5.41) is 6.66. The normalized spacial score (nSPS) is 16.0. The number of rotatable bonds is 1. The Bertz CT molecular complexity index is 553. The highest BCUT2D eigenvalue weighted by Gasteiger charge is 2.33. The van der Waals surface area contributed by atoms with Crippen LogP contribution in [0.2, 0.25) is 15.1 Å². The third kappa shape index (κ3) is 2.88. The highest BCUT2D eigenvalue weighted by Crippen LogP contribution is 2.39. The van der Waals surface area contributed by atoms with Gasteiger partial charge in [0.1, 0.15) is 5.69 Å². The topological polar surface area (TPSA) is 32.7 Å². The van der Waals surface area contributed by atoms with E-state index in [1.807, 2.05) is 20.8 Å². The zero-order chi connectivity index (χ0) is 14.4. The summed E-state index contributed by atoms with van der Waals surface area (Å²) in [6, 6.07) is 3.09. The molecule has 0 saturated carbocycles. The average molecular weight is 320 g/mol. The van der Waals surface area contributed by atoms with Gasteiger partial charge in [-0.25, -0.2) is 0 Å². The Hall–Kier alpha value is -0.770. The minimum atomic E-state index is -0.171. The third-order valence-corrected chi connectivity index (χ3v) is 3.63. The van der Waals surface area contributed by atoms with Crippen LogP contribution >= 0.6 is 34.8 Å². The molecule has 1 amide bonds. The fraction of sp³-hybridized carbons (Fsp3) is 0.385. The van der Waals surface area contributed by atoms with Crippen LogP contribution in [0.4, 0.5) is 5.69 Å². The van der Waals surface area contributed by atoms with Crippen molar-refractivity contribution < 1.29 is 4.79 Å². The van der Waals surface area contributed by atoms with Crippen LogP contribution < -0.4 is 5.01 Å². The maximum atomic E-state index is 12.1. The van der Waals surface area contributed by atoms with E-state index in [4.69, 9.17) is 34.8 Å². The Balaban J connectivity index is 2.49. The van der Waals surface area contributed by atoms with E-state index in [0.29, 0.717) is 20.8 Å². The van der Waals surface area contributed by atoms with Gasteiger partial charge in [0.05, 0.1) is 22.2 Å². The zero-order valence-electron chi connectivity index (χ0n) is 10.8. The van der Waals surface area contributed by atoms with Gasteiger partial charge in [-0.15, -0.1) is 0 Å². The van der Waals surface area contributed by atoms with Crippen LogP contribution in [0.1, 0.15) is 27.2 Å². The molecule has 0 N–H and O–H groups in total. The van der Waals surface area contributed by atoms with Crippen molar-refractivity contribution >= 4 is 52.1 Å². The summed E-state index contributed by atoms with van der Waals surface area (Å²) in [5.41, 5.74) is 1.02. The van der Waals surface area contributed by atoms with Crippen LogP contribution in [0.15, 0.2) is 17.2 Å². The van der Waals surface area contributed by atoms with Gasteiger partial charge in [-0.2, -0.15) is 10.1 Å². The van der Waals surface area contributed by atoms with Gasteiger partial charge in [0.25, 0.3) is 5.91 Å². The lowest BCUT2D eigenvalue weighted by atomic mass is 9.88. The number of carbonyl (C=O) groups excluding carboxylic acids is 1. The van der Waals surface area contributed by atoms with Gasteiger partial charge in [0, 0.05) is 10.4 Å². The first-order valence-electron chi connectivity index (χ1n) is 5.75. The maximum absolute atomic E-state index is 12.1. The van der Waals surface area contributed by atoms with Crippen LogP contribution in [0, 0.1) is 5.41 Å². The average Bonchev–Trinajstić information content (AvgIpc) is 2.59. The summed E-state index contributed by atoms with van der Waals surface area (Å²) >= 11 is 18.1. The largest absolute Gasteiger partial charge is 0.272 e. The van der Waals surface area contributed by atoms with Crippen molar-refractivity contribution in [1.82, 2.24) is 0 Å². The Morgan fingerprint density at radius 1 is 1.16 bits per heavy atom. The fourth-order valence-electron chi connectivity index (χ4n) is 1.76. The Kier molecular flexibility index (Phi) is 3.83. The first-order chi connectivity index (χ1) is 8.70. The van der Waals surface area contributed by atoms with Crippen molar-refractivity contribution in [2.45, 2.75) is 27.2 Å². The van der Waals surface area contributed by atoms with Crippen molar-refractivity contribution in [2.75, 3.05) is 5.01 Å². The standard InChI is InChI=1S/C13H13Cl3N2O/c1-13(2,3)10-6-11(19)18(17-10)12-8(15)4-7(14)5-9(12)16/h4-5H,6H2,1-3H3. The Labute approximate surface area is 127 Å². The van der Waals surface area contributed by atoms with Crippen LogP contribution in [0.25, 0.3) is 0 Å². The van der Waals surface area contributed by atoms with Gasteiger partial charge < -0.3 is 0 Å². The van der Waals surface area contributed by atoms with Gasteiger partial charge in [-0.1, -0.05) is 55.6 Å². The molecule has 0 fully saturated rings. The summed E-state index contributed by atoms with van der Waals surface area (Å²) in [6.07, 6.45) is 0.277. The van der Waals surface area contributed by atoms with Crippen molar-refractivity contribution in [1.29, 1.82) is 0 Å². The molecule has 0 atom stereocenters. The molecule has 1 aromatic carbocycles. The number of amides is 1. The minimum Gasteiger partial charge on any atom is -0.272 e. The molecule has 0 spiro atoms. The smallest absolute Gasteiger partial charge is 0.253 e. The second kappa shape index (κ2) is 4.97. The van der Waals surface area contributed by atoms with Crippen molar-refractivity contribution in [2.24, 2.45) is 10.5 Å². The van der Waals surface area contributed by atoms with E-state index in [-0.39, 0.29) is 17.7 Å². The molecule has 0 aromatic heterocycles. The summed E-state index contributed by atoms with van der Waals surface area (Å²) in [5.74, 6) is -0.143. The summed E-state index contributed by atoms with van der Waals surface area (Å²) in [4.78, 5) is 12.1. The SMILES string of the molecule is CC(C)(C)C1=NN(c2c(Cl)cc(Cl)cc2Cl)C(=O)C1. The van der Waals surface area contributed by atoms with Gasteiger partial charge in [-0.3, -0.25) is 4.79 Å². The molecule has 0 aliphatic carbocycles. The number of anilines is 1. The molecule has 1 aliphatic rings. The molecule has 2 rings (SSSR count). The third-order valence-electron chi connectivity index (χ3n) is 2.83. The number of hydrogen-bond donors (Lipinski definition) is 0. The second-order valence-electron chi connectivity index (χ2n) is 5.40. The first-order valence-corrected chi connectivity index (χ1v) is 6.89. The number of nitrogens with zero attached hydrogens (tertiary/aromatic N) is 2. The van der Waals surface area contributed by atoms with E-state index in [1.165, 1.54) is 5.01 Å². The predicted octanol–water partition coefficient (Wildman–Crippen LogP) is 4.79. The number of hydrazone groups is 1. The summed E-state index contributed by atoms with van der Waals surface area (Å²) < 4.78 is 0. The molecule has 0 bridgehead atoms. The van der Waals surface area contributed by atoms with Crippen molar-refractivity contribution in [3.8, 4) is 0 Å². The first kappa shape index (κ1) is 14.6. The predicted molar refractivity (Wildman–Crippen MR) is 80.5 cm³/mol. The lowest BCUT2D eigenvalue weighted by Crippen LogP contribution is -2.21. The van der Waals surface area contributed by atoms with E-state index in [1.54, 1.807) is 12.1 Å². The molecular formula is C13H13Cl3N2O. The number of carbonyl (C=O) groups is 1. The lowest BCUT2D eigenvalue weighted by Gasteiger charge is -2.17. The zero-order valence-corrected chi connectivity index (χ0v) is 13.1. The Morgan fingerprint density at radius 2 is 1.68 bits per heavy atom. The van der Waals surface area contributed by atoms with E-state index in [0.717, 1.165) is 5.71 Å². The van der Waals surface area contributed by atoms with Crippen molar-refractivity contribution in [3.63, 3.8) is 0 Å². The monoisotopic (exact) mass is 318 g/mol. The maximum Gasteiger partial charge on any atom is 0.253 e. The molecular weight excluding hydrogens is 307 g/mol. The molecule has 1 heterocycles. The van der Waals surface area contributed by atoms with Gasteiger partial charge >= 0.3 is 0 Å². The van der Waals surface area contributed by atoms with Crippen molar-refractivity contribution in [3.05, 3.63) is 27.2 Å². The fourth-order valence-corrected chi connectivity index (χ4v) is 2.73. The van der Waals surface area contributed by atoms with Crippen LogP contribution in [0.3, 0.4) is 0 Å². The molecule has 3 nitrogen and oxygen atoms in total. The Morgan fingerprint density at radius 3 is 2.11 bits per heavy atom. The van der Waals surface area contributed by atoms with Gasteiger partial charge in [0.15, 0.2) is 0 Å². The van der Waals surface area contributed by atoms with Gasteiger partial charge in [-0.05, 0) is 12.1 Å².